The highest BCUT2D eigenvalue weighted by Crippen LogP contribution is 2.28. The van der Waals surface area contributed by atoms with E-state index in [4.69, 9.17) is 9.15 Å². The molecule has 9 nitrogen and oxygen atoms in total. The molecule has 0 N–H and O–H groups in total. The second-order valence-corrected chi connectivity index (χ2v) is 9.14. The van der Waals surface area contributed by atoms with E-state index in [1.165, 1.54) is 0 Å². The van der Waals surface area contributed by atoms with Crippen LogP contribution >= 0.6 is 0 Å². The van der Waals surface area contributed by atoms with Gasteiger partial charge in [0.2, 0.25) is 11.8 Å². The van der Waals surface area contributed by atoms with Crippen LogP contribution in [0.2, 0.25) is 0 Å². The van der Waals surface area contributed by atoms with Gasteiger partial charge in [0.25, 0.3) is 10.0 Å². The van der Waals surface area contributed by atoms with E-state index in [0.717, 1.165) is 39.1 Å². The van der Waals surface area contributed by atoms with Crippen molar-refractivity contribution in [3.05, 3.63) is 41.6 Å². The average Bonchev–Trinajstić information content (AvgIpc) is 3.32. The molecule has 0 saturated carbocycles. The van der Waals surface area contributed by atoms with Gasteiger partial charge in [-0.05, 0) is 25.0 Å². The zero-order valence-electron chi connectivity index (χ0n) is 16.0. The first-order chi connectivity index (χ1) is 14.1. The number of aromatic nitrogens is 2. The average molecular weight is 417 g/mol. The summed E-state index contributed by atoms with van der Waals surface area (Å²) in [5.74, 6) is 2.19. The molecule has 0 aliphatic carbocycles. The maximum atomic E-state index is 12.3. The van der Waals surface area contributed by atoms with Crippen LogP contribution in [0, 0.1) is 0 Å². The van der Waals surface area contributed by atoms with Gasteiger partial charge in [-0.1, -0.05) is 12.1 Å². The lowest BCUT2D eigenvalue weighted by molar-refractivity contribution is 0.0786. The van der Waals surface area contributed by atoms with Crippen molar-refractivity contribution < 1.29 is 17.6 Å². The van der Waals surface area contributed by atoms with Gasteiger partial charge in [0, 0.05) is 50.9 Å². The maximum absolute atomic E-state index is 12.3. The van der Waals surface area contributed by atoms with Gasteiger partial charge in [-0.3, -0.25) is 4.90 Å². The Bertz CT molecular complexity index is 1020. The zero-order chi connectivity index (χ0) is 19.8. The molecule has 10 heteroatoms. The molecule has 0 spiro atoms. The number of nitrogens with zero attached hydrogens (tertiary/aromatic N) is 5. The van der Waals surface area contributed by atoms with Gasteiger partial charge in [0.05, 0.1) is 6.54 Å². The third kappa shape index (κ3) is 3.67. The van der Waals surface area contributed by atoms with Gasteiger partial charge in [-0.15, -0.1) is 14.6 Å². The van der Waals surface area contributed by atoms with Gasteiger partial charge in [0.15, 0.2) is 5.84 Å². The van der Waals surface area contributed by atoms with Gasteiger partial charge in [-0.25, -0.2) is 0 Å². The summed E-state index contributed by atoms with van der Waals surface area (Å²) in [5, 5.41) is 8.44. The molecule has 0 bridgehead atoms. The molecular formula is C19H23N5O4S. The van der Waals surface area contributed by atoms with E-state index in [2.05, 4.69) is 19.5 Å². The minimum atomic E-state index is -3.58. The number of hydrogen-bond acceptors (Lipinski definition) is 8. The number of sulfonamides is 1. The Kier molecular flexibility index (Phi) is 4.84. The van der Waals surface area contributed by atoms with Crippen LogP contribution in [0.25, 0.3) is 0 Å². The molecule has 2 saturated heterocycles. The summed E-state index contributed by atoms with van der Waals surface area (Å²) in [5.41, 5.74) is 0.693. The number of ether oxygens (including phenoxy) is 1. The first kappa shape index (κ1) is 18.7. The van der Waals surface area contributed by atoms with Crippen molar-refractivity contribution in [2.45, 2.75) is 30.2 Å². The van der Waals surface area contributed by atoms with Gasteiger partial charge < -0.3 is 14.1 Å². The fraction of sp³-hybridized carbons (Fsp3) is 0.526. The van der Waals surface area contributed by atoms with Crippen molar-refractivity contribution in [3.8, 4) is 0 Å². The molecule has 2 fully saturated rings. The third-order valence-corrected chi connectivity index (χ3v) is 7.02. The normalized spacial score (nSPS) is 22.5. The summed E-state index contributed by atoms with van der Waals surface area (Å²) in [4.78, 5) is 4.58. The molecule has 5 rings (SSSR count). The predicted molar refractivity (Wildman–Crippen MR) is 104 cm³/mol. The molecule has 3 aliphatic heterocycles. The molecule has 1 aromatic carbocycles. The quantitative estimate of drug-likeness (QED) is 0.735. The Morgan fingerprint density at radius 1 is 1.03 bits per heavy atom. The second-order valence-electron chi connectivity index (χ2n) is 7.57. The molecule has 4 heterocycles. The number of fused-ring (bicyclic) bond motifs is 1. The van der Waals surface area contributed by atoms with E-state index < -0.39 is 10.0 Å². The maximum Gasteiger partial charge on any atom is 0.285 e. The Balaban J connectivity index is 1.21. The molecule has 0 amide bonds. The molecular weight excluding hydrogens is 394 g/mol. The fourth-order valence-corrected chi connectivity index (χ4v) is 5.29. The Labute approximate surface area is 169 Å². The van der Waals surface area contributed by atoms with Gasteiger partial charge in [0.1, 0.15) is 4.90 Å². The number of hydrogen-bond donors (Lipinski definition) is 0. The lowest BCUT2D eigenvalue weighted by Crippen LogP contribution is -2.48. The highest BCUT2D eigenvalue weighted by molar-refractivity contribution is 7.90. The predicted octanol–water partition coefficient (Wildman–Crippen LogP) is 1.23. The third-order valence-electron chi connectivity index (χ3n) is 5.70. The standard InChI is InChI=1S/C19H23N5O4S/c25-29(26)16-4-2-1-3-15(16)18(22-29)24-9-7-23(8-10-24)13-17-20-21-19(28-17)14-5-11-27-12-6-14/h1-4,14H,5-13H2. The second kappa shape index (κ2) is 7.51. The summed E-state index contributed by atoms with van der Waals surface area (Å²) in [6.07, 6.45) is 1.85. The van der Waals surface area contributed by atoms with Crippen LogP contribution in [-0.4, -0.2) is 73.6 Å². The lowest BCUT2D eigenvalue weighted by Gasteiger charge is -2.35. The van der Waals surface area contributed by atoms with Crippen molar-refractivity contribution in [1.29, 1.82) is 0 Å². The summed E-state index contributed by atoms with van der Waals surface area (Å²) in [6.45, 7) is 5.03. The largest absolute Gasteiger partial charge is 0.424 e. The van der Waals surface area contributed by atoms with Crippen LogP contribution in [0.3, 0.4) is 0 Å². The Morgan fingerprint density at radius 3 is 2.59 bits per heavy atom. The highest BCUT2D eigenvalue weighted by atomic mass is 32.2. The SMILES string of the molecule is O=S1(=O)N=C(N2CCN(Cc3nnc(C4CCOCC4)o3)CC2)c2ccccc21. The van der Waals surface area contributed by atoms with Crippen LogP contribution in [0.15, 0.2) is 38.0 Å². The minimum absolute atomic E-state index is 0.295. The van der Waals surface area contributed by atoms with Gasteiger partial charge in [-0.2, -0.15) is 8.42 Å². The Morgan fingerprint density at radius 2 is 1.79 bits per heavy atom. The van der Waals surface area contributed by atoms with Crippen molar-refractivity contribution in [2.24, 2.45) is 4.40 Å². The highest BCUT2D eigenvalue weighted by Gasteiger charge is 2.33. The van der Waals surface area contributed by atoms with Crippen molar-refractivity contribution in [2.75, 3.05) is 39.4 Å². The molecule has 29 heavy (non-hydrogen) atoms. The monoisotopic (exact) mass is 417 g/mol. The van der Waals surface area contributed by atoms with Crippen LogP contribution < -0.4 is 0 Å². The topological polar surface area (TPSA) is 101 Å². The number of benzene rings is 1. The van der Waals surface area contributed by atoms with Crippen LogP contribution in [0.1, 0.15) is 36.1 Å². The van der Waals surface area contributed by atoms with E-state index in [1.807, 2.05) is 17.0 Å². The summed E-state index contributed by atoms with van der Waals surface area (Å²) in [6, 6.07) is 7.01. The number of amidine groups is 1. The molecule has 0 atom stereocenters. The summed E-state index contributed by atoms with van der Waals surface area (Å²) >= 11 is 0. The molecule has 0 radical (unpaired) electrons. The van der Waals surface area contributed by atoms with Crippen molar-refractivity contribution in [3.63, 3.8) is 0 Å². The first-order valence-electron chi connectivity index (χ1n) is 9.92. The van der Waals surface area contributed by atoms with Crippen LogP contribution in [-0.2, 0) is 21.3 Å². The summed E-state index contributed by atoms with van der Waals surface area (Å²) < 4.78 is 39.9. The van der Waals surface area contributed by atoms with E-state index >= 15 is 0 Å². The number of rotatable bonds is 3. The van der Waals surface area contributed by atoms with Crippen LogP contribution in [0.5, 0.6) is 0 Å². The molecule has 0 unspecified atom stereocenters. The first-order valence-corrected chi connectivity index (χ1v) is 11.4. The molecule has 154 valence electrons. The van der Waals surface area contributed by atoms with E-state index in [0.29, 0.717) is 53.6 Å². The number of piperazine rings is 1. The Hall–Kier alpha value is -2.30. The smallest absolute Gasteiger partial charge is 0.285 e. The van der Waals surface area contributed by atoms with E-state index in [9.17, 15) is 8.42 Å². The van der Waals surface area contributed by atoms with Crippen LogP contribution in [0.4, 0.5) is 0 Å². The van der Waals surface area contributed by atoms with Crippen molar-refractivity contribution in [1.82, 2.24) is 20.0 Å². The molecule has 2 aromatic rings. The fourth-order valence-electron chi connectivity index (χ4n) is 4.07. The summed E-state index contributed by atoms with van der Waals surface area (Å²) in [7, 11) is -3.58. The lowest BCUT2D eigenvalue weighted by atomic mass is 10.0. The minimum Gasteiger partial charge on any atom is -0.424 e. The van der Waals surface area contributed by atoms with Crippen molar-refractivity contribution >= 4 is 15.9 Å². The van der Waals surface area contributed by atoms with E-state index in [1.54, 1.807) is 12.1 Å². The zero-order valence-corrected chi connectivity index (χ0v) is 16.8. The molecule has 3 aliphatic rings. The molecule has 1 aromatic heterocycles. The van der Waals surface area contributed by atoms with E-state index in [-0.39, 0.29) is 0 Å². The van der Waals surface area contributed by atoms with Gasteiger partial charge >= 0.3 is 0 Å².